The minimum absolute atomic E-state index is 0.141. The van der Waals surface area contributed by atoms with E-state index in [1.54, 1.807) is 32.9 Å². The summed E-state index contributed by atoms with van der Waals surface area (Å²) in [5, 5.41) is 0. The molecule has 0 radical (unpaired) electrons. The summed E-state index contributed by atoms with van der Waals surface area (Å²) in [6, 6.07) is 5.53. The van der Waals surface area contributed by atoms with Crippen molar-refractivity contribution in [1.82, 2.24) is 4.90 Å². The molecule has 6 heteroatoms. The summed E-state index contributed by atoms with van der Waals surface area (Å²) in [6.07, 6.45) is 4.55. The highest BCUT2D eigenvalue weighted by Gasteiger charge is 2.42. The highest BCUT2D eigenvalue weighted by atomic mass is 19.1. The van der Waals surface area contributed by atoms with Crippen LogP contribution in [0.4, 0.5) is 9.18 Å². The average molecular weight is 460 g/mol. The van der Waals surface area contributed by atoms with Gasteiger partial charge < -0.3 is 9.47 Å². The van der Waals surface area contributed by atoms with Gasteiger partial charge in [-0.1, -0.05) is 45.4 Å². The third-order valence-corrected chi connectivity index (χ3v) is 6.55. The minimum atomic E-state index is -0.746. The Morgan fingerprint density at radius 3 is 2.58 bits per heavy atom. The second kappa shape index (κ2) is 10.3. The molecule has 3 rings (SSSR count). The van der Waals surface area contributed by atoms with Gasteiger partial charge in [0, 0.05) is 13.0 Å². The van der Waals surface area contributed by atoms with E-state index < -0.39 is 17.7 Å². The SMILES string of the molecule is CC(C)[C@@H]1CC[C@@H](C)C[C@H]1OC(=O)[C@@H]1CC(=Cc2cccc(F)c2)CN1C(=O)OC(C)(C)C. The zero-order valence-corrected chi connectivity index (χ0v) is 20.8. The Bertz CT molecular complexity index is 888. The van der Waals surface area contributed by atoms with Gasteiger partial charge in [0.15, 0.2) is 0 Å². The zero-order chi connectivity index (χ0) is 24.3. The zero-order valence-electron chi connectivity index (χ0n) is 20.8. The highest BCUT2D eigenvalue weighted by molar-refractivity contribution is 5.84. The number of rotatable bonds is 4. The van der Waals surface area contributed by atoms with Crippen LogP contribution in [0.3, 0.4) is 0 Å². The van der Waals surface area contributed by atoms with Gasteiger partial charge in [-0.15, -0.1) is 0 Å². The van der Waals surface area contributed by atoms with Gasteiger partial charge >= 0.3 is 12.1 Å². The van der Waals surface area contributed by atoms with E-state index in [1.807, 2.05) is 6.08 Å². The number of esters is 1. The normalized spacial score (nSPS) is 27.2. The first kappa shape index (κ1) is 25.3. The van der Waals surface area contributed by atoms with Crippen molar-refractivity contribution in [2.45, 2.75) is 85.0 Å². The molecule has 0 unspecified atom stereocenters. The first-order valence-corrected chi connectivity index (χ1v) is 12.1. The summed E-state index contributed by atoms with van der Waals surface area (Å²) in [7, 11) is 0. The fraction of sp³-hybridized carbons (Fsp3) is 0.630. The molecule has 0 aromatic heterocycles. The van der Waals surface area contributed by atoms with Crippen molar-refractivity contribution >= 4 is 18.1 Å². The second-order valence-electron chi connectivity index (χ2n) is 11.0. The Balaban J connectivity index is 1.82. The number of carbonyl (C=O) groups is 2. The number of nitrogens with zero attached hydrogens (tertiary/aromatic N) is 1. The minimum Gasteiger partial charge on any atom is -0.461 e. The van der Waals surface area contributed by atoms with E-state index in [0.29, 0.717) is 29.7 Å². The van der Waals surface area contributed by atoms with Gasteiger partial charge in [-0.25, -0.2) is 14.0 Å². The standard InChI is InChI=1S/C27H38FNO4/c1-17(2)22-11-10-18(3)12-24(22)32-25(30)23-15-20(13-19-8-7-9-21(28)14-19)16-29(23)26(31)33-27(4,5)6/h7-9,13-14,17-18,22-24H,10-12,15-16H2,1-6H3/t18-,22+,23+,24-/m1/s1. The predicted molar refractivity (Wildman–Crippen MR) is 127 cm³/mol. The van der Waals surface area contributed by atoms with E-state index >= 15 is 0 Å². The summed E-state index contributed by atoms with van der Waals surface area (Å²) in [6.45, 7) is 12.2. The molecule has 1 heterocycles. The van der Waals surface area contributed by atoms with Crippen molar-refractivity contribution in [2.24, 2.45) is 17.8 Å². The first-order chi connectivity index (χ1) is 15.4. The van der Waals surface area contributed by atoms with E-state index in [0.717, 1.165) is 24.8 Å². The fourth-order valence-corrected chi connectivity index (χ4v) is 4.89. The Labute approximate surface area is 197 Å². The third kappa shape index (κ3) is 6.81. The van der Waals surface area contributed by atoms with E-state index in [1.165, 1.54) is 17.0 Å². The maximum absolute atomic E-state index is 13.6. The Morgan fingerprint density at radius 2 is 1.94 bits per heavy atom. The molecule has 4 atom stereocenters. The van der Waals surface area contributed by atoms with Crippen molar-refractivity contribution in [3.8, 4) is 0 Å². The molecule has 1 aromatic carbocycles. The number of hydrogen-bond acceptors (Lipinski definition) is 4. The smallest absolute Gasteiger partial charge is 0.411 e. The van der Waals surface area contributed by atoms with Crippen LogP contribution in [0.1, 0.15) is 72.8 Å². The van der Waals surface area contributed by atoms with Crippen LogP contribution in [0.15, 0.2) is 29.8 Å². The van der Waals surface area contributed by atoms with E-state index in [-0.39, 0.29) is 24.4 Å². The fourth-order valence-electron chi connectivity index (χ4n) is 4.89. The predicted octanol–water partition coefficient (Wildman–Crippen LogP) is 6.22. The van der Waals surface area contributed by atoms with Crippen LogP contribution in [0, 0.1) is 23.6 Å². The molecule has 33 heavy (non-hydrogen) atoms. The van der Waals surface area contributed by atoms with Crippen LogP contribution in [0.2, 0.25) is 0 Å². The van der Waals surface area contributed by atoms with Gasteiger partial charge in [0.1, 0.15) is 23.6 Å². The quantitative estimate of drug-likeness (QED) is 0.502. The van der Waals surface area contributed by atoms with Crippen LogP contribution < -0.4 is 0 Å². The van der Waals surface area contributed by atoms with Gasteiger partial charge in [0.25, 0.3) is 0 Å². The maximum Gasteiger partial charge on any atom is 0.411 e. The second-order valence-corrected chi connectivity index (χ2v) is 11.0. The summed E-state index contributed by atoms with van der Waals surface area (Å²) < 4.78 is 25.3. The lowest BCUT2D eigenvalue weighted by atomic mass is 9.75. The monoisotopic (exact) mass is 459 g/mol. The number of halogens is 1. The first-order valence-electron chi connectivity index (χ1n) is 12.1. The molecule has 1 saturated carbocycles. The van der Waals surface area contributed by atoms with Crippen molar-refractivity contribution in [1.29, 1.82) is 0 Å². The molecule has 1 saturated heterocycles. The summed E-state index contributed by atoms with van der Waals surface area (Å²) >= 11 is 0. The van der Waals surface area contributed by atoms with Gasteiger partial charge in [-0.05, 0) is 74.6 Å². The lowest BCUT2D eigenvalue weighted by Crippen LogP contribution is -2.46. The lowest BCUT2D eigenvalue weighted by Gasteiger charge is -2.37. The topological polar surface area (TPSA) is 55.8 Å². The molecule has 0 bridgehead atoms. The maximum atomic E-state index is 13.6. The third-order valence-electron chi connectivity index (χ3n) is 6.55. The molecule has 182 valence electrons. The average Bonchev–Trinajstić information content (AvgIpc) is 3.10. The molecule has 1 amide bonds. The summed E-state index contributed by atoms with van der Waals surface area (Å²) in [5.74, 6) is 0.543. The van der Waals surface area contributed by atoms with E-state index in [9.17, 15) is 14.0 Å². The van der Waals surface area contributed by atoms with Gasteiger partial charge in [-0.3, -0.25) is 4.90 Å². The Kier molecular flexibility index (Phi) is 7.86. The number of likely N-dealkylation sites (tertiary alicyclic amines) is 1. The van der Waals surface area contributed by atoms with Crippen molar-refractivity contribution in [3.05, 3.63) is 41.2 Å². The molecule has 2 aliphatic rings. The molecular formula is C27H38FNO4. The number of amides is 1. The molecule has 5 nitrogen and oxygen atoms in total. The molecule has 1 aromatic rings. The molecular weight excluding hydrogens is 421 g/mol. The van der Waals surface area contributed by atoms with Gasteiger partial charge in [0.2, 0.25) is 0 Å². The van der Waals surface area contributed by atoms with Crippen molar-refractivity contribution in [2.75, 3.05) is 6.54 Å². The molecule has 0 N–H and O–H groups in total. The molecule has 1 aliphatic heterocycles. The van der Waals surface area contributed by atoms with Crippen LogP contribution in [0.5, 0.6) is 0 Å². The van der Waals surface area contributed by atoms with E-state index in [4.69, 9.17) is 9.47 Å². The van der Waals surface area contributed by atoms with Crippen LogP contribution >= 0.6 is 0 Å². The van der Waals surface area contributed by atoms with Gasteiger partial charge in [0.05, 0.1) is 0 Å². The molecule has 2 fully saturated rings. The lowest BCUT2D eigenvalue weighted by molar-refractivity contribution is -0.161. The Hall–Kier alpha value is -2.37. The number of benzene rings is 1. The largest absolute Gasteiger partial charge is 0.461 e. The number of carbonyl (C=O) groups excluding carboxylic acids is 2. The van der Waals surface area contributed by atoms with Crippen molar-refractivity contribution in [3.63, 3.8) is 0 Å². The molecule has 0 spiro atoms. The highest BCUT2D eigenvalue weighted by Crippen LogP contribution is 2.36. The number of ether oxygens (including phenoxy) is 2. The summed E-state index contributed by atoms with van der Waals surface area (Å²) in [5.41, 5.74) is 0.886. The van der Waals surface area contributed by atoms with Crippen molar-refractivity contribution < 1.29 is 23.5 Å². The Morgan fingerprint density at radius 1 is 1.21 bits per heavy atom. The number of hydrogen-bond donors (Lipinski definition) is 0. The van der Waals surface area contributed by atoms with Gasteiger partial charge in [-0.2, -0.15) is 0 Å². The van der Waals surface area contributed by atoms with E-state index in [2.05, 4.69) is 20.8 Å². The van der Waals surface area contributed by atoms with Crippen LogP contribution in [0.25, 0.3) is 6.08 Å². The van der Waals surface area contributed by atoms with Crippen LogP contribution in [-0.2, 0) is 14.3 Å². The molecule has 1 aliphatic carbocycles. The summed E-state index contributed by atoms with van der Waals surface area (Å²) in [4.78, 5) is 27.8. The van der Waals surface area contributed by atoms with Crippen LogP contribution in [-0.4, -0.2) is 41.3 Å².